The molecule has 0 amide bonds. The van der Waals surface area contributed by atoms with Crippen molar-refractivity contribution in [2.24, 2.45) is 0 Å². The van der Waals surface area contributed by atoms with E-state index in [1.54, 1.807) is 24.3 Å². The second-order valence-electron chi connectivity index (χ2n) is 4.30. The highest BCUT2D eigenvalue weighted by Crippen LogP contribution is 2.33. The maximum absolute atomic E-state index is 12.8. The van der Waals surface area contributed by atoms with Crippen LogP contribution >= 0.6 is 15.9 Å². The van der Waals surface area contributed by atoms with E-state index in [1.165, 1.54) is 14.2 Å². The molecule has 0 fully saturated rings. The molecule has 0 aromatic heterocycles. The first kappa shape index (κ1) is 14.6. The summed E-state index contributed by atoms with van der Waals surface area (Å²) >= 11 is 3.47. The molecule has 0 spiro atoms. The summed E-state index contributed by atoms with van der Waals surface area (Å²) in [5.41, 5.74) is 2.03. The zero-order chi connectivity index (χ0) is 14.7. The molecule has 0 saturated heterocycles. The lowest BCUT2D eigenvalue weighted by Gasteiger charge is -2.13. The van der Waals surface area contributed by atoms with Gasteiger partial charge in [-0.25, -0.2) is 0 Å². The van der Waals surface area contributed by atoms with E-state index in [2.05, 4.69) is 15.9 Å². The Hall–Kier alpha value is -1.81. The second kappa shape index (κ2) is 6.09. The van der Waals surface area contributed by atoms with Gasteiger partial charge in [0.1, 0.15) is 17.1 Å². The fourth-order valence-electron chi connectivity index (χ4n) is 2.03. The Morgan fingerprint density at radius 2 is 1.55 bits per heavy atom. The number of ether oxygens (including phenoxy) is 2. The minimum absolute atomic E-state index is 0.130. The van der Waals surface area contributed by atoms with Gasteiger partial charge in [0, 0.05) is 10.0 Å². The van der Waals surface area contributed by atoms with Gasteiger partial charge in [-0.05, 0) is 46.6 Å². The summed E-state index contributed by atoms with van der Waals surface area (Å²) in [6.07, 6.45) is 0. The van der Waals surface area contributed by atoms with E-state index in [4.69, 9.17) is 9.47 Å². The first-order chi connectivity index (χ1) is 9.60. The Balaban J connectivity index is 2.61. The Morgan fingerprint density at radius 3 is 2.10 bits per heavy atom. The van der Waals surface area contributed by atoms with Gasteiger partial charge >= 0.3 is 0 Å². The highest BCUT2D eigenvalue weighted by molar-refractivity contribution is 9.10. The largest absolute Gasteiger partial charge is 0.496 e. The molecule has 104 valence electrons. The van der Waals surface area contributed by atoms with Crippen molar-refractivity contribution in [1.29, 1.82) is 0 Å². The molecule has 0 N–H and O–H groups in total. The van der Waals surface area contributed by atoms with Gasteiger partial charge in [-0.1, -0.05) is 18.2 Å². The molecule has 0 bridgehead atoms. The van der Waals surface area contributed by atoms with Crippen molar-refractivity contribution in [2.45, 2.75) is 6.92 Å². The summed E-state index contributed by atoms with van der Waals surface area (Å²) in [6.45, 7) is 1.94. The summed E-state index contributed by atoms with van der Waals surface area (Å²) in [6, 6.07) is 10.9. The predicted octanol–water partition coefficient (Wildman–Crippen LogP) is 4.01. The first-order valence-electron chi connectivity index (χ1n) is 6.11. The van der Waals surface area contributed by atoms with Gasteiger partial charge in [0.25, 0.3) is 0 Å². The maximum Gasteiger partial charge on any atom is 0.201 e. The molecule has 2 rings (SSSR count). The van der Waals surface area contributed by atoms with Crippen molar-refractivity contribution in [3.63, 3.8) is 0 Å². The van der Waals surface area contributed by atoms with Crippen LogP contribution in [0.25, 0.3) is 0 Å². The van der Waals surface area contributed by atoms with Crippen molar-refractivity contribution < 1.29 is 14.3 Å². The number of methoxy groups -OCH3 is 2. The van der Waals surface area contributed by atoms with Crippen molar-refractivity contribution >= 4 is 21.7 Å². The Bertz CT molecular complexity index is 628. The summed E-state index contributed by atoms with van der Waals surface area (Å²) < 4.78 is 11.4. The molecular formula is C16H15BrO3. The zero-order valence-electron chi connectivity index (χ0n) is 11.6. The lowest BCUT2D eigenvalue weighted by molar-refractivity contribution is 0.103. The van der Waals surface area contributed by atoms with E-state index in [0.29, 0.717) is 22.6 Å². The molecule has 20 heavy (non-hydrogen) atoms. The third-order valence-electron chi connectivity index (χ3n) is 3.09. The van der Waals surface area contributed by atoms with Crippen LogP contribution in [0.2, 0.25) is 0 Å². The predicted molar refractivity (Wildman–Crippen MR) is 81.9 cm³/mol. The lowest BCUT2D eigenvalue weighted by atomic mass is 10.00. The molecule has 0 radical (unpaired) electrons. The van der Waals surface area contributed by atoms with E-state index in [0.717, 1.165) is 10.0 Å². The second-order valence-corrected chi connectivity index (χ2v) is 5.10. The number of hydrogen-bond donors (Lipinski definition) is 0. The summed E-state index contributed by atoms with van der Waals surface area (Å²) in [5, 5.41) is 0. The van der Waals surface area contributed by atoms with Crippen LogP contribution in [0.3, 0.4) is 0 Å². The first-order valence-corrected chi connectivity index (χ1v) is 6.90. The van der Waals surface area contributed by atoms with Crippen LogP contribution in [-0.2, 0) is 0 Å². The third-order valence-corrected chi connectivity index (χ3v) is 4.14. The van der Waals surface area contributed by atoms with Crippen molar-refractivity contribution in [2.75, 3.05) is 14.2 Å². The summed E-state index contributed by atoms with van der Waals surface area (Å²) in [7, 11) is 3.08. The quantitative estimate of drug-likeness (QED) is 0.792. The molecule has 0 saturated carbocycles. The Morgan fingerprint density at radius 1 is 1.00 bits per heavy atom. The van der Waals surface area contributed by atoms with Crippen LogP contribution in [0.1, 0.15) is 21.5 Å². The molecule has 2 aromatic rings. The van der Waals surface area contributed by atoms with Gasteiger partial charge in [-0.3, -0.25) is 4.79 Å². The minimum atomic E-state index is -0.130. The fraction of sp³-hybridized carbons (Fsp3) is 0.188. The average Bonchev–Trinajstić information content (AvgIpc) is 2.48. The monoisotopic (exact) mass is 334 g/mol. The van der Waals surface area contributed by atoms with E-state index in [1.807, 2.05) is 19.1 Å². The van der Waals surface area contributed by atoms with Crippen LogP contribution in [0.15, 0.2) is 40.9 Å². The number of halogens is 1. The Labute approximate surface area is 126 Å². The smallest absolute Gasteiger partial charge is 0.201 e. The van der Waals surface area contributed by atoms with Crippen LogP contribution in [0, 0.1) is 6.92 Å². The highest BCUT2D eigenvalue weighted by Gasteiger charge is 2.21. The van der Waals surface area contributed by atoms with Gasteiger partial charge in [-0.2, -0.15) is 0 Å². The molecular weight excluding hydrogens is 320 g/mol. The number of ketones is 1. The molecule has 3 nitrogen and oxygen atoms in total. The summed E-state index contributed by atoms with van der Waals surface area (Å²) in [4.78, 5) is 12.8. The molecule has 0 aliphatic rings. The maximum atomic E-state index is 12.8. The molecule has 0 aliphatic carbocycles. The molecule has 4 heteroatoms. The van der Waals surface area contributed by atoms with Crippen molar-refractivity contribution in [3.05, 3.63) is 57.6 Å². The molecule has 2 aromatic carbocycles. The fourth-order valence-corrected chi connectivity index (χ4v) is 2.48. The van der Waals surface area contributed by atoms with E-state index in [-0.39, 0.29) is 5.78 Å². The van der Waals surface area contributed by atoms with Gasteiger partial charge in [-0.15, -0.1) is 0 Å². The van der Waals surface area contributed by atoms with E-state index >= 15 is 0 Å². The zero-order valence-corrected chi connectivity index (χ0v) is 13.2. The van der Waals surface area contributed by atoms with Gasteiger partial charge < -0.3 is 9.47 Å². The number of carbonyl (C=O) groups excluding carboxylic acids is 1. The number of rotatable bonds is 4. The van der Waals surface area contributed by atoms with Crippen molar-refractivity contribution in [1.82, 2.24) is 0 Å². The number of hydrogen-bond acceptors (Lipinski definition) is 3. The highest BCUT2D eigenvalue weighted by atomic mass is 79.9. The number of benzene rings is 2. The molecule has 0 aliphatic heterocycles. The normalized spacial score (nSPS) is 10.2. The van der Waals surface area contributed by atoms with Gasteiger partial charge in [0.15, 0.2) is 0 Å². The molecule has 0 heterocycles. The van der Waals surface area contributed by atoms with Crippen LogP contribution in [0.4, 0.5) is 0 Å². The van der Waals surface area contributed by atoms with Crippen LogP contribution in [-0.4, -0.2) is 20.0 Å². The topological polar surface area (TPSA) is 35.5 Å². The lowest BCUT2D eigenvalue weighted by Crippen LogP contribution is -2.07. The van der Waals surface area contributed by atoms with Gasteiger partial charge in [0.2, 0.25) is 5.78 Å². The van der Waals surface area contributed by atoms with Crippen LogP contribution in [0.5, 0.6) is 11.5 Å². The van der Waals surface area contributed by atoms with Crippen LogP contribution < -0.4 is 9.47 Å². The van der Waals surface area contributed by atoms with Gasteiger partial charge in [0.05, 0.1) is 14.2 Å². The number of aryl methyl sites for hydroxylation is 1. The third kappa shape index (κ3) is 2.56. The SMILES string of the molecule is COc1cccc(OC)c1C(=O)c1cccc(C)c1Br. The Kier molecular flexibility index (Phi) is 4.45. The average molecular weight is 335 g/mol. The minimum Gasteiger partial charge on any atom is -0.496 e. The van der Waals surface area contributed by atoms with E-state index in [9.17, 15) is 4.79 Å². The number of carbonyl (C=O) groups is 1. The summed E-state index contributed by atoms with van der Waals surface area (Å²) in [5.74, 6) is 0.875. The van der Waals surface area contributed by atoms with Crippen molar-refractivity contribution in [3.8, 4) is 11.5 Å². The van der Waals surface area contributed by atoms with E-state index < -0.39 is 0 Å². The molecule has 0 atom stereocenters. The standard InChI is InChI=1S/C16H15BrO3/c1-10-6-4-7-11(15(10)17)16(18)14-12(19-2)8-5-9-13(14)20-3/h4-9H,1-3H3. The molecule has 0 unspecified atom stereocenters.